The van der Waals surface area contributed by atoms with Gasteiger partial charge in [-0.15, -0.1) is 0 Å². The van der Waals surface area contributed by atoms with Crippen LogP contribution in [0, 0.1) is 37.5 Å². The van der Waals surface area contributed by atoms with E-state index in [0.29, 0.717) is 23.1 Å². The van der Waals surface area contributed by atoms with Gasteiger partial charge in [0.1, 0.15) is 0 Å². The van der Waals surface area contributed by atoms with Crippen molar-refractivity contribution in [2.75, 3.05) is 11.5 Å². The predicted molar refractivity (Wildman–Crippen MR) is 117 cm³/mol. The van der Waals surface area contributed by atoms with E-state index in [-0.39, 0.29) is 41.6 Å². The number of imide groups is 1. The molecule has 3 aliphatic rings. The van der Waals surface area contributed by atoms with E-state index in [0.717, 1.165) is 30.4 Å². The number of aryl methyl sites for hydroxylation is 2. The van der Waals surface area contributed by atoms with Gasteiger partial charge in [0.2, 0.25) is 17.6 Å². The average Bonchev–Trinajstić information content (AvgIpc) is 3.47. The molecule has 5 rings (SSSR count). The van der Waals surface area contributed by atoms with Crippen LogP contribution in [0.1, 0.15) is 51.1 Å². The van der Waals surface area contributed by atoms with Gasteiger partial charge in [0, 0.05) is 5.56 Å². The number of hydrogen-bond donors (Lipinski definition) is 0. The Morgan fingerprint density at radius 2 is 1.56 bits per heavy atom. The van der Waals surface area contributed by atoms with Crippen LogP contribution in [0.3, 0.4) is 0 Å². The summed E-state index contributed by atoms with van der Waals surface area (Å²) in [5.74, 6) is -0.799. The molecule has 4 atom stereocenters. The van der Waals surface area contributed by atoms with E-state index in [4.69, 9.17) is 4.74 Å². The Balaban J connectivity index is 1.25. The molecule has 164 valence electrons. The Morgan fingerprint density at radius 3 is 2.19 bits per heavy atom. The third kappa shape index (κ3) is 3.25. The minimum absolute atomic E-state index is 0.110. The zero-order valence-corrected chi connectivity index (χ0v) is 18.2. The zero-order chi connectivity index (χ0) is 22.6. The molecule has 2 saturated carbocycles. The summed E-state index contributed by atoms with van der Waals surface area (Å²) >= 11 is 0. The molecule has 32 heavy (non-hydrogen) atoms. The molecule has 0 radical (unpaired) electrons. The molecule has 1 saturated heterocycles. The fraction of sp³-hybridized carbons (Fsp3) is 0.385. The highest BCUT2D eigenvalue weighted by atomic mass is 16.5. The van der Waals surface area contributed by atoms with Crippen molar-refractivity contribution in [1.82, 2.24) is 0 Å². The van der Waals surface area contributed by atoms with Crippen molar-refractivity contribution in [3.63, 3.8) is 0 Å². The lowest BCUT2D eigenvalue weighted by atomic mass is 9.81. The maximum Gasteiger partial charge on any atom is 0.338 e. The number of amides is 2. The third-order valence-corrected chi connectivity index (χ3v) is 7.32. The number of carbonyl (C=O) groups excluding carboxylic acids is 4. The van der Waals surface area contributed by atoms with Gasteiger partial charge in [0.05, 0.1) is 23.1 Å². The van der Waals surface area contributed by atoms with Crippen LogP contribution in [0.4, 0.5) is 5.69 Å². The van der Waals surface area contributed by atoms with Crippen molar-refractivity contribution in [2.45, 2.75) is 33.1 Å². The van der Waals surface area contributed by atoms with Crippen LogP contribution in [-0.4, -0.2) is 30.2 Å². The lowest BCUT2D eigenvalue weighted by Gasteiger charge is -2.19. The van der Waals surface area contributed by atoms with Gasteiger partial charge in [0.15, 0.2) is 6.61 Å². The van der Waals surface area contributed by atoms with Crippen LogP contribution in [-0.2, 0) is 14.3 Å². The normalized spacial score (nSPS) is 25.9. The molecule has 2 aromatic carbocycles. The Labute approximate surface area is 186 Å². The van der Waals surface area contributed by atoms with Crippen LogP contribution < -0.4 is 4.90 Å². The molecule has 0 N–H and O–H groups in total. The number of esters is 1. The largest absolute Gasteiger partial charge is 0.454 e. The van der Waals surface area contributed by atoms with Crippen LogP contribution >= 0.6 is 0 Å². The first kappa shape index (κ1) is 20.6. The SMILES string of the molecule is Cc1ccc(C)c(C(=O)COC(=O)c2ccc(N3C(=O)[C@@H]4[C@H]5CC[C@@H](C5)[C@H]4C3=O)cc2)c1. The van der Waals surface area contributed by atoms with Crippen LogP contribution in [0.2, 0.25) is 0 Å². The molecule has 2 bridgehead atoms. The van der Waals surface area contributed by atoms with Crippen LogP contribution in [0.5, 0.6) is 0 Å². The van der Waals surface area contributed by atoms with E-state index in [1.807, 2.05) is 26.0 Å². The van der Waals surface area contributed by atoms with Crippen LogP contribution in [0.15, 0.2) is 42.5 Å². The third-order valence-electron chi connectivity index (χ3n) is 7.32. The standard InChI is InChI=1S/C26H25NO5/c1-14-3-4-15(2)20(11-14)21(28)13-32-26(31)16-7-9-19(10-8-16)27-24(29)22-17-5-6-18(12-17)23(22)25(27)30/h3-4,7-11,17-18,22-23H,5-6,12-13H2,1-2H3/t17-,18-,22+,23+/m0/s1. The fourth-order valence-electron chi connectivity index (χ4n) is 5.74. The molecule has 3 fully saturated rings. The monoisotopic (exact) mass is 431 g/mol. The Hall–Kier alpha value is -3.28. The summed E-state index contributed by atoms with van der Waals surface area (Å²) in [7, 11) is 0. The van der Waals surface area contributed by atoms with Gasteiger partial charge < -0.3 is 4.74 Å². The first-order valence-electron chi connectivity index (χ1n) is 11.1. The second kappa shape index (κ2) is 7.69. The smallest absolute Gasteiger partial charge is 0.338 e. The minimum atomic E-state index is -0.621. The molecule has 1 aliphatic heterocycles. The Kier molecular flexibility index (Phi) is 4.96. The van der Waals surface area contributed by atoms with E-state index < -0.39 is 5.97 Å². The van der Waals surface area contributed by atoms with E-state index in [1.165, 1.54) is 17.0 Å². The number of ether oxygens (including phenoxy) is 1. The topological polar surface area (TPSA) is 80.8 Å². The molecule has 0 aromatic heterocycles. The van der Waals surface area contributed by atoms with Crippen molar-refractivity contribution < 1.29 is 23.9 Å². The molecule has 6 heteroatoms. The van der Waals surface area contributed by atoms with Gasteiger partial charge >= 0.3 is 5.97 Å². The van der Waals surface area contributed by atoms with E-state index in [1.54, 1.807) is 18.2 Å². The summed E-state index contributed by atoms with van der Waals surface area (Å²) in [6, 6.07) is 11.8. The van der Waals surface area contributed by atoms with Crippen molar-refractivity contribution in [3.8, 4) is 0 Å². The second-order valence-electron chi connectivity index (χ2n) is 9.26. The van der Waals surface area contributed by atoms with Crippen molar-refractivity contribution in [1.29, 1.82) is 0 Å². The fourth-order valence-corrected chi connectivity index (χ4v) is 5.74. The Bertz CT molecular complexity index is 1110. The van der Waals surface area contributed by atoms with E-state index in [9.17, 15) is 19.2 Å². The van der Waals surface area contributed by atoms with Gasteiger partial charge in [-0.2, -0.15) is 0 Å². The average molecular weight is 431 g/mol. The second-order valence-corrected chi connectivity index (χ2v) is 9.26. The number of anilines is 1. The molecule has 2 amide bonds. The number of carbonyl (C=O) groups is 4. The number of fused-ring (bicyclic) bond motifs is 5. The quantitative estimate of drug-likeness (QED) is 0.408. The number of hydrogen-bond acceptors (Lipinski definition) is 5. The summed E-state index contributed by atoms with van der Waals surface area (Å²) < 4.78 is 5.21. The van der Waals surface area contributed by atoms with Crippen molar-refractivity contribution >= 4 is 29.3 Å². The molecule has 0 spiro atoms. The first-order chi connectivity index (χ1) is 15.3. The highest BCUT2D eigenvalue weighted by molar-refractivity contribution is 6.22. The number of Topliss-reactive ketones (excluding diaryl/α,β-unsaturated/α-hetero) is 1. The number of rotatable bonds is 5. The van der Waals surface area contributed by atoms with Gasteiger partial charge in [0.25, 0.3) is 0 Å². The van der Waals surface area contributed by atoms with Gasteiger partial charge in [-0.05, 0) is 80.8 Å². The van der Waals surface area contributed by atoms with E-state index >= 15 is 0 Å². The summed E-state index contributed by atoms with van der Waals surface area (Å²) in [5, 5.41) is 0. The van der Waals surface area contributed by atoms with Gasteiger partial charge in [-0.25, -0.2) is 4.79 Å². The number of nitrogens with zero attached hydrogens (tertiary/aromatic N) is 1. The Morgan fingerprint density at radius 1 is 0.938 bits per heavy atom. The predicted octanol–water partition coefficient (Wildman–Crippen LogP) is 3.88. The summed E-state index contributed by atoms with van der Waals surface area (Å²) in [6.45, 7) is 3.39. The van der Waals surface area contributed by atoms with E-state index in [2.05, 4.69) is 0 Å². The molecule has 1 heterocycles. The zero-order valence-electron chi connectivity index (χ0n) is 18.2. The summed E-state index contributed by atoms with van der Waals surface area (Å²) in [6.07, 6.45) is 3.06. The first-order valence-corrected chi connectivity index (χ1v) is 11.1. The van der Waals surface area contributed by atoms with Crippen LogP contribution in [0.25, 0.3) is 0 Å². The molecule has 2 aliphatic carbocycles. The molecular formula is C26H25NO5. The summed E-state index contributed by atoms with van der Waals surface area (Å²) in [4.78, 5) is 52.1. The maximum absolute atomic E-state index is 12.9. The number of ketones is 1. The minimum Gasteiger partial charge on any atom is -0.454 e. The molecular weight excluding hydrogens is 406 g/mol. The summed E-state index contributed by atoms with van der Waals surface area (Å²) in [5.41, 5.74) is 3.08. The van der Waals surface area contributed by atoms with Gasteiger partial charge in [-0.1, -0.05) is 17.7 Å². The highest BCUT2D eigenvalue weighted by Crippen LogP contribution is 2.56. The highest BCUT2D eigenvalue weighted by Gasteiger charge is 2.61. The molecule has 2 aromatic rings. The number of benzene rings is 2. The molecule has 6 nitrogen and oxygen atoms in total. The van der Waals surface area contributed by atoms with Crippen molar-refractivity contribution in [3.05, 3.63) is 64.7 Å². The lowest BCUT2D eigenvalue weighted by molar-refractivity contribution is -0.123. The van der Waals surface area contributed by atoms with Gasteiger partial charge in [-0.3, -0.25) is 19.3 Å². The lowest BCUT2D eigenvalue weighted by Crippen LogP contribution is -2.32. The van der Waals surface area contributed by atoms with Crippen molar-refractivity contribution in [2.24, 2.45) is 23.7 Å². The molecule has 0 unspecified atom stereocenters. The maximum atomic E-state index is 12.9.